The van der Waals surface area contributed by atoms with Crippen LogP contribution in [0.2, 0.25) is 0 Å². The molecule has 0 aliphatic rings. The summed E-state index contributed by atoms with van der Waals surface area (Å²) >= 11 is 3.79. The molecule has 0 aliphatic heterocycles. The van der Waals surface area contributed by atoms with E-state index in [4.69, 9.17) is 5.73 Å². The summed E-state index contributed by atoms with van der Waals surface area (Å²) < 4.78 is 0. The fourth-order valence-electron chi connectivity index (χ4n) is 1.57. The van der Waals surface area contributed by atoms with Crippen LogP contribution in [0.4, 0.5) is 0 Å². The molecule has 2 nitrogen and oxygen atoms in total. The predicted molar refractivity (Wildman–Crippen MR) is 65.9 cm³/mol. The maximum Gasteiger partial charge on any atom is 0.203 e. The Morgan fingerprint density at radius 2 is 1.93 bits per heavy atom. The number of benzene rings is 1. The fourth-order valence-corrected chi connectivity index (χ4v) is 1.92. The highest BCUT2D eigenvalue weighted by molar-refractivity contribution is 7.96. The molecule has 0 aliphatic carbocycles. The number of carbonyl (C=O) groups excluding carboxylic acids is 1. The highest BCUT2D eigenvalue weighted by Gasteiger charge is 2.30. The van der Waals surface area contributed by atoms with Gasteiger partial charge < -0.3 is 5.73 Å². The summed E-state index contributed by atoms with van der Waals surface area (Å²) in [5, 5.41) is -0.254. The van der Waals surface area contributed by atoms with Crippen LogP contribution >= 0.6 is 12.6 Å². The first-order valence-corrected chi connectivity index (χ1v) is 5.40. The second-order valence-electron chi connectivity index (χ2n) is 4.47. The van der Waals surface area contributed by atoms with Crippen LogP contribution in [0.25, 0.3) is 0 Å². The number of rotatable bonds is 4. The van der Waals surface area contributed by atoms with E-state index in [-0.39, 0.29) is 10.5 Å². The Labute approximate surface area is 96.3 Å². The van der Waals surface area contributed by atoms with E-state index < -0.39 is 6.04 Å². The summed E-state index contributed by atoms with van der Waals surface area (Å²) in [7, 11) is 0. The molecule has 82 valence electrons. The molecular formula is C12H17NOS. The Morgan fingerprint density at radius 1 is 1.40 bits per heavy atom. The van der Waals surface area contributed by atoms with Gasteiger partial charge in [0, 0.05) is 0 Å². The maximum atomic E-state index is 11.1. The molecule has 15 heavy (non-hydrogen) atoms. The average molecular weight is 223 g/mol. The minimum Gasteiger partial charge on any atom is -0.320 e. The van der Waals surface area contributed by atoms with E-state index in [1.165, 1.54) is 5.56 Å². The molecule has 0 saturated carbocycles. The zero-order valence-corrected chi connectivity index (χ0v) is 10.00. The van der Waals surface area contributed by atoms with Crippen LogP contribution in [-0.4, -0.2) is 11.2 Å². The second-order valence-corrected chi connectivity index (χ2v) is 4.91. The van der Waals surface area contributed by atoms with E-state index in [0.717, 1.165) is 6.42 Å². The first kappa shape index (κ1) is 12.3. The molecule has 1 aromatic carbocycles. The van der Waals surface area contributed by atoms with Crippen molar-refractivity contribution < 1.29 is 4.79 Å². The van der Waals surface area contributed by atoms with E-state index in [9.17, 15) is 4.79 Å². The van der Waals surface area contributed by atoms with E-state index in [2.05, 4.69) is 12.6 Å². The van der Waals surface area contributed by atoms with Crippen molar-refractivity contribution in [3.05, 3.63) is 35.9 Å². The van der Waals surface area contributed by atoms with Crippen molar-refractivity contribution in [3.63, 3.8) is 0 Å². The molecule has 0 unspecified atom stereocenters. The summed E-state index contributed by atoms with van der Waals surface area (Å²) in [5.74, 6) is 0. The Hall–Kier alpha value is -0.800. The second kappa shape index (κ2) is 4.81. The summed E-state index contributed by atoms with van der Waals surface area (Å²) in [6.45, 7) is 3.97. The molecule has 1 rings (SSSR count). The standard InChI is InChI=1S/C12H17NOS/c1-12(2,10(13)11(14)15)8-9-6-4-3-5-7-9/h3-7,10H,8,13H2,1-2H3,(H,14,15)/t10-/m1/s1. The molecule has 3 heteroatoms. The molecule has 0 heterocycles. The number of carbonyl (C=O) groups is 1. The van der Waals surface area contributed by atoms with Gasteiger partial charge in [-0.2, -0.15) is 0 Å². The third-order valence-electron chi connectivity index (χ3n) is 2.61. The number of nitrogens with two attached hydrogens (primary N) is 1. The molecule has 0 amide bonds. The van der Waals surface area contributed by atoms with Gasteiger partial charge in [-0.3, -0.25) is 4.79 Å². The van der Waals surface area contributed by atoms with E-state index in [0.29, 0.717) is 0 Å². The Bertz CT molecular complexity index is 335. The molecule has 1 atom stereocenters. The van der Waals surface area contributed by atoms with Crippen molar-refractivity contribution in [2.45, 2.75) is 26.3 Å². The van der Waals surface area contributed by atoms with E-state index in [1.54, 1.807) is 0 Å². The number of hydrogen-bond donors (Lipinski definition) is 2. The molecule has 0 fully saturated rings. The fraction of sp³-hybridized carbons (Fsp3) is 0.417. The maximum absolute atomic E-state index is 11.1. The smallest absolute Gasteiger partial charge is 0.203 e. The molecule has 2 N–H and O–H groups in total. The van der Waals surface area contributed by atoms with Gasteiger partial charge in [0.1, 0.15) is 0 Å². The van der Waals surface area contributed by atoms with Gasteiger partial charge in [-0.1, -0.05) is 44.2 Å². The van der Waals surface area contributed by atoms with Crippen LogP contribution in [0, 0.1) is 5.41 Å². The normalized spacial score (nSPS) is 13.6. The Kier molecular flexibility index (Phi) is 3.94. The van der Waals surface area contributed by atoms with Crippen molar-refractivity contribution in [1.29, 1.82) is 0 Å². The van der Waals surface area contributed by atoms with Crippen LogP contribution in [-0.2, 0) is 11.2 Å². The predicted octanol–water partition coefficient (Wildman–Crippen LogP) is 2.04. The Morgan fingerprint density at radius 3 is 2.40 bits per heavy atom. The highest BCUT2D eigenvalue weighted by Crippen LogP contribution is 2.26. The van der Waals surface area contributed by atoms with Gasteiger partial charge in [-0.15, -0.1) is 12.6 Å². The van der Waals surface area contributed by atoms with Crippen molar-refractivity contribution in [2.24, 2.45) is 11.1 Å². The topological polar surface area (TPSA) is 43.1 Å². The van der Waals surface area contributed by atoms with Crippen molar-refractivity contribution in [1.82, 2.24) is 0 Å². The van der Waals surface area contributed by atoms with Crippen LogP contribution in [0.15, 0.2) is 30.3 Å². The van der Waals surface area contributed by atoms with Crippen LogP contribution in [0.5, 0.6) is 0 Å². The van der Waals surface area contributed by atoms with Crippen molar-refractivity contribution >= 4 is 17.7 Å². The van der Waals surface area contributed by atoms with Gasteiger partial charge in [0.2, 0.25) is 5.12 Å². The zero-order chi connectivity index (χ0) is 11.5. The molecular weight excluding hydrogens is 206 g/mol. The molecule has 0 radical (unpaired) electrons. The van der Waals surface area contributed by atoms with Gasteiger partial charge >= 0.3 is 0 Å². The van der Waals surface area contributed by atoms with Gasteiger partial charge in [0.25, 0.3) is 0 Å². The summed E-state index contributed by atoms with van der Waals surface area (Å²) in [5.41, 5.74) is 6.74. The average Bonchev–Trinajstić information content (AvgIpc) is 2.17. The third-order valence-corrected chi connectivity index (χ3v) is 2.89. The van der Waals surface area contributed by atoms with Gasteiger partial charge in [-0.25, -0.2) is 0 Å². The summed E-state index contributed by atoms with van der Waals surface area (Å²) in [4.78, 5) is 11.1. The zero-order valence-electron chi connectivity index (χ0n) is 9.10. The van der Waals surface area contributed by atoms with Crippen LogP contribution < -0.4 is 5.73 Å². The molecule has 0 aromatic heterocycles. The lowest BCUT2D eigenvalue weighted by Crippen LogP contribution is -2.43. The molecule has 1 aromatic rings. The molecule has 0 saturated heterocycles. The van der Waals surface area contributed by atoms with Crippen LogP contribution in [0.1, 0.15) is 19.4 Å². The van der Waals surface area contributed by atoms with E-state index in [1.807, 2.05) is 44.2 Å². The first-order chi connectivity index (χ1) is 6.93. The monoisotopic (exact) mass is 223 g/mol. The first-order valence-electron chi connectivity index (χ1n) is 4.96. The SMILES string of the molecule is CC(C)(Cc1ccccc1)[C@H](N)C(=O)S. The minimum atomic E-state index is -0.527. The van der Waals surface area contributed by atoms with Gasteiger partial charge in [-0.05, 0) is 17.4 Å². The van der Waals surface area contributed by atoms with Crippen molar-refractivity contribution in [3.8, 4) is 0 Å². The quantitative estimate of drug-likeness (QED) is 0.767. The lowest BCUT2D eigenvalue weighted by atomic mass is 9.80. The lowest BCUT2D eigenvalue weighted by molar-refractivity contribution is -0.114. The lowest BCUT2D eigenvalue weighted by Gasteiger charge is -2.29. The third kappa shape index (κ3) is 3.36. The minimum absolute atomic E-state index is 0.254. The summed E-state index contributed by atoms with van der Waals surface area (Å²) in [6.07, 6.45) is 0.779. The summed E-state index contributed by atoms with van der Waals surface area (Å²) in [6, 6.07) is 9.50. The molecule has 0 spiro atoms. The number of hydrogen-bond acceptors (Lipinski definition) is 2. The Balaban J connectivity index is 2.76. The van der Waals surface area contributed by atoms with Gasteiger partial charge in [0.05, 0.1) is 6.04 Å². The van der Waals surface area contributed by atoms with E-state index >= 15 is 0 Å². The van der Waals surface area contributed by atoms with Crippen LogP contribution in [0.3, 0.4) is 0 Å². The highest BCUT2D eigenvalue weighted by atomic mass is 32.1. The van der Waals surface area contributed by atoms with Crippen molar-refractivity contribution in [2.75, 3.05) is 0 Å². The molecule has 0 bridgehead atoms. The largest absolute Gasteiger partial charge is 0.320 e. The number of thiol groups is 1. The van der Waals surface area contributed by atoms with Gasteiger partial charge in [0.15, 0.2) is 0 Å².